The molecular formula is C7H15NO2. The summed E-state index contributed by atoms with van der Waals surface area (Å²) < 4.78 is 4.67. The van der Waals surface area contributed by atoms with Gasteiger partial charge in [-0.05, 0) is 14.1 Å². The van der Waals surface area contributed by atoms with Crippen LogP contribution in [-0.4, -0.2) is 45.0 Å². The Kier molecular flexibility index (Phi) is 5.16. The van der Waals surface area contributed by atoms with E-state index in [1.54, 1.807) is 0 Å². The molecule has 0 spiro atoms. The van der Waals surface area contributed by atoms with Gasteiger partial charge in [0.05, 0.1) is 0 Å². The Balaban J connectivity index is 3.22. The van der Waals surface area contributed by atoms with Crippen LogP contribution in [0.4, 0.5) is 0 Å². The largest absolute Gasteiger partial charge is 0.377 e. The van der Waals surface area contributed by atoms with E-state index >= 15 is 0 Å². The molecule has 10 heavy (non-hydrogen) atoms. The van der Waals surface area contributed by atoms with E-state index in [9.17, 15) is 4.79 Å². The summed E-state index contributed by atoms with van der Waals surface area (Å²) in [6, 6.07) is 0. The number of carbonyl (C=O) groups excluding carboxylic acids is 1. The summed E-state index contributed by atoms with van der Waals surface area (Å²) in [6.45, 7) is 1.05. The lowest BCUT2D eigenvalue weighted by Crippen LogP contribution is -2.18. The van der Waals surface area contributed by atoms with Crippen molar-refractivity contribution in [3.8, 4) is 0 Å². The molecule has 0 atom stereocenters. The maximum atomic E-state index is 10.8. The fourth-order valence-electron chi connectivity index (χ4n) is 0.581. The van der Waals surface area contributed by atoms with Gasteiger partial charge in [-0.3, -0.25) is 4.79 Å². The van der Waals surface area contributed by atoms with Crippen LogP contribution in [0.1, 0.15) is 6.42 Å². The Hall–Kier alpha value is -0.410. The van der Waals surface area contributed by atoms with Gasteiger partial charge in [-0.2, -0.15) is 0 Å². The maximum absolute atomic E-state index is 10.8. The van der Waals surface area contributed by atoms with E-state index in [2.05, 4.69) is 4.74 Å². The molecule has 0 aromatic rings. The van der Waals surface area contributed by atoms with Crippen LogP contribution in [0.15, 0.2) is 0 Å². The monoisotopic (exact) mass is 145 g/mol. The quantitative estimate of drug-likeness (QED) is 0.551. The van der Waals surface area contributed by atoms with Crippen LogP contribution in [0.3, 0.4) is 0 Å². The van der Waals surface area contributed by atoms with Crippen LogP contribution in [0.25, 0.3) is 0 Å². The van der Waals surface area contributed by atoms with E-state index in [1.807, 2.05) is 19.0 Å². The highest BCUT2D eigenvalue weighted by Gasteiger charge is 2.00. The fraction of sp³-hybridized carbons (Fsp3) is 0.857. The SMILES string of the molecule is COCC(=O)CCN(C)C. The molecular weight excluding hydrogens is 130 g/mol. The van der Waals surface area contributed by atoms with Crippen molar-refractivity contribution in [2.75, 3.05) is 34.4 Å². The summed E-state index contributed by atoms with van der Waals surface area (Å²) in [5.41, 5.74) is 0. The van der Waals surface area contributed by atoms with Crippen molar-refractivity contribution in [3.05, 3.63) is 0 Å². The van der Waals surface area contributed by atoms with Gasteiger partial charge in [-0.1, -0.05) is 0 Å². The summed E-state index contributed by atoms with van der Waals surface area (Å²) in [4.78, 5) is 12.8. The lowest BCUT2D eigenvalue weighted by atomic mass is 10.3. The molecule has 0 unspecified atom stereocenters. The maximum Gasteiger partial charge on any atom is 0.159 e. The summed E-state index contributed by atoms with van der Waals surface area (Å²) >= 11 is 0. The minimum Gasteiger partial charge on any atom is -0.377 e. The van der Waals surface area contributed by atoms with Gasteiger partial charge in [0.2, 0.25) is 0 Å². The highest BCUT2D eigenvalue weighted by Crippen LogP contribution is 1.85. The van der Waals surface area contributed by atoms with Gasteiger partial charge in [0.15, 0.2) is 5.78 Å². The predicted octanol–water partition coefficient (Wildman–Crippen LogP) is 0.154. The molecule has 0 N–H and O–H groups in total. The Morgan fingerprint density at radius 3 is 2.50 bits per heavy atom. The van der Waals surface area contributed by atoms with Gasteiger partial charge in [0.25, 0.3) is 0 Å². The lowest BCUT2D eigenvalue weighted by molar-refractivity contribution is -0.122. The minimum absolute atomic E-state index is 0.163. The molecule has 3 heteroatoms. The second-order valence-corrected chi connectivity index (χ2v) is 2.52. The van der Waals surface area contributed by atoms with Crippen LogP contribution in [0.2, 0.25) is 0 Å². The number of hydrogen-bond acceptors (Lipinski definition) is 3. The second kappa shape index (κ2) is 5.38. The standard InChI is InChI=1S/C7H15NO2/c1-8(2)5-4-7(9)6-10-3/h4-6H2,1-3H3. The van der Waals surface area contributed by atoms with Gasteiger partial charge >= 0.3 is 0 Å². The number of nitrogens with zero attached hydrogens (tertiary/aromatic N) is 1. The summed E-state index contributed by atoms with van der Waals surface area (Å²) in [7, 11) is 5.42. The summed E-state index contributed by atoms with van der Waals surface area (Å²) in [5.74, 6) is 0.163. The molecule has 0 aromatic heterocycles. The average Bonchev–Trinajstić information content (AvgIpc) is 1.85. The molecule has 0 bridgehead atoms. The summed E-state index contributed by atoms with van der Waals surface area (Å²) in [6.07, 6.45) is 0.584. The van der Waals surface area contributed by atoms with Crippen molar-refractivity contribution in [2.45, 2.75) is 6.42 Å². The topological polar surface area (TPSA) is 29.5 Å². The number of methoxy groups -OCH3 is 1. The van der Waals surface area contributed by atoms with E-state index in [0.29, 0.717) is 6.42 Å². The van der Waals surface area contributed by atoms with Crippen molar-refractivity contribution >= 4 is 5.78 Å². The van der Waals surface area contributed by atoms with Crippen molar-refractivity contribution in [1.29, 1.82) is 0 Å². The van der Waals surface area contributed by atoms with Crippen molar-refractivity contribution < 1.29 is 9.53 Å². The van der Waals surface area contributed by atoms with E-state index < -0.39 is 0 Å². The van der Waals surface area contributed by atoms with Crippen LogP contribution in [0, 0.1) is 0 Å². The van der Waals surface area contributed by atoms with E-state index in [1.165, 1.54) is 7.11 Å². The first-order valence-electron chi connectivity index (χ1n) is 3.32. The van der Waals surface area contributed by atoms with Crippen molar-refractivity contribution in [3.63, 3.8) is 0 Å². The number of rotatable bonds is 5. The first-order chi connectivity index (χ1) is 4.66. The molecule has 0 amide bonds. The highest BCUT2D eigenvalue weighted by molar-refractivity contribution is 5.79. The first kappa shape index (κ1) is 9.59. The smallest absolute Gasteiger partial charge is 0.159 e. The summed E-state index contributed by atoms with van der Waals surface area (Å²) in [5, 5.41) is 0. The predicted molar refractivity (Wildman–Crippen MR) is 40.1 cm³/mol. The number of ketones is 1. The number of carbonyl (C=O) groups is 1. The minimum atomic E-state index is 0.163. The van der Waals surface area contributed by atoms with Crippen molar-refractivity contribution in [1.82, 2.24) is 4.90 Å². The Bertz CT molecular complexity index is 102. The molecule has 60 valence electrons. The molecule has 0 fully saturated rings. The van der Waals surface area contributed by atoms with E-state index in [4.69, 9.17) is 0 Å². The molecule has 3 nitrogen and oxygen atoms in total. The molecule has 0 aromatic carbocycles. The van der Waals surface area contributed by atoms with E-state index in [-0.39, 0.29) is 12.4 Å². The van der Waals surface area contributed by atoms with Crippen LogP contribution < -0.4 is 0 Å². The van der Waals surface area contributed by atoms with Crippen LogP contribution in [0.5, 0.6) is 0 Å². The molecule has 0 saturated carbocycles. The highest BCUT2D eigenvalue weighted by atomic mass is 16.5. The molecule has 0 aliphatic heterocycles. The zero-order valence-corrected chi connectivity index (χ0v) is 6.89. The zero-order valence-electron chi connectivity index (χ0n) is 6.89. The van der Waals surface area contributed by atoms with Gasteiger partial charge in [0.1, 0.15) is 6.61 Å². The van der Waals surface area contributed by atoms with Gasteiger partial charge in [0, 0.05) is 20.1 Å². The van der Waals surface area contributed by atoms with E-state index in [0.717, 1.165) is 6.54 Å². The third-order valence-corrected chi connectivity index (χ3v) is 1.14. The average molecular weight is 145 g/mol. The second-order valence-electron chi connectivity index (χ2n) is 2.52. The van der Waals surface area contributed by atoms with Crippen LogP contribution >= 0.6 is 0 Å². The molecule has 0 aliphatic carbocycles. The Morgan fingerprint density at radius 2 is 2.10 bits per heavy atom. The van der Waals surface area contributed by atoms with Gasteiger partial charge in [-0.25, -0.2) is 0 Å². The lowest BCUT2D eigenvalue weighted by Gasteiger charge is -2.07. The third-order valence-electron chi connectivity index (χ3n) is 1.14. The van der Waals surface area contributed by atoms with Crippen molar-refractivity contribution in [2.24, 2.45) is 0 Å². The molecule has 0 heterocycles. The Labute approximate surface area is 62.0 Å². The molecule has 0 radical (unpaired) electrons. The van der Waals surface area contributed by atoms with Crippen LogP contribution in [-0.2, 0) is 9.53 Å². The Morgan fingerprint density at radius 1 is 1.50 bits per heavy atom. The fourth-order valence-corrected chi connectivity index (χ4v) is 0.581. The number of Topliss-reactive ketones (excluding diaryl/α,β-unsaturated/α-hetero) is 1. The number of hydrogen-bond donors (Lipinski definition) is 0. The number of ether oxygens (including phenoxy) is 1. The van der Waals surface area contributed by atoms with Gasteiger partial charge < -0.3 is 9.64 Å². The third kappa shape index (κ3) is 5.72. The first-order valence-corrected chi connectivity index (χ1v) is 3.32. The molecule has 0 saturated heterocycles. The normalized spacial score (nSPS) is 10.4. The molecule has 0 rings (SSSR count). The molecule has 0 aliphatic rings. The zero-order chi connectivity index (χ0) is 7.98. The van der Waals surface area contributed by atoms with Gasteiger partial charge in [-0.15, -0.1) is 0 Å².